The third kappa shape index (κ3) is 2.95. The van der Waals surface area contributed by atoms with Crippen LogP contribution in [0, 0.1) is 10.1 Å². The summed E-state index contributed by atoms with van der Waals surface area (Å²) >= 11 is 0. The standard InChI is InChI=1S/C12H11N3O4/c1-19-10-4-2-9(3-5-10)11(16)6-14-7-12(13-8-14)15(17)18/h2-5,7-8H,6H2,1H3. The van der Waals surface area contributed by atoms with Crippen LogP contribution >= 0.6 is 0 Å². The van der Waals surface area contributed by atoms with Crippen molar-refractivity contribution in [1.82, 2.24) is 9.55 Å². The molecule has 0 amide bonds. The van der Waals surface area contributed by atoms with Gasteiger partial charge in [-0.1, -0.05) is 0 Å². The summed E-state index contributed by atoms with van der Waals surface area (Å²) < 4.78 is 6.38. The second-order valence-electron chi connectivity index (χ2n) is 3.81. The number of hydrogen-bond acceptors (Lipinski definition) is 5. The third-order valence-corrected chi connectivity index (χ3v) is 2.54. The summed E-state index contributed by atoms with van der Waals surface area (Å²) in [6, 6.07) is 6.66. The molecular weight excluding hydrogens is 250 g/mol. The number of ketones is 1. The van der Waals surface area contributed by atoms with Crippen LogP contribution in [0.1, 0.15) is 10.4 Å². The Hall–Kier alpha value is -2.70. The highest BCUT2D eigenvalue weighted by Gasteiger charge is 2.13. The van der Waals surface area contributed by atoms with Crippen LogP contribution in [0.25, 0.3) is 0 Å². The van der Waals surface area contributed by atoms with E-state index in [1.165, 1.54) is 17.1 Å². The minimum absolute atomic E-state index is 0.00711. The lowest BCUT2D eigenvalue weighted by molar-refractivity contribution is -0.389. The van der Waals surface area contributed by atoms with Gasteiger partial charge in [-0.2, -0.15) is 0 Å². The molecule has 0 aliphatic rings. The topological polar surface area (TPSA) is 87.3 Å². The number of carbonyl (C=O) groups is 1. The van der Waals surface area contributed by atoms with Crippen molar-refractivity contribution >= 4 is 11.6 Å². The van der Waals surface area contributed by atoms with E-state index in [0.717, 1.165) is 0 Å². The first-order valence-corrected chi connectivity index (χ1v) is 5.43. The summed E-state index contributed by atoms with van der Waals surface area (Å²) in [6.45, 7) is 0.00711. The quantitative estimate of drug-likeness (QED) is 0.464. The number of hydrogen-bond donors (Lipinski definition) is 0. The number of imidazole rings is 1. The molecule has 0 radical (unpaired) electrons. The second-order valence-corrected chi connectivity index (χ2v) is 3.81. The Bertz CT molecular complexity index is 604. The number of nitro groups is 1. The molecule has 0 N–H and O–H groups in total. The smallest absolute Gasteiger partial charge is 0.381 e. The summed E-state index contributed by atoms with van der Waals surface area (Å²) in [5, 5.41) is 10.5. The molecule has 0 fully saturated rings. The number of aromatic nitrogens is 2. The first kappa shape index (κ1) is 12.7. The normalized spacial score (nSPS) is 10.2. The largest absolute Gasteiger partial charge is 0.497 e. The molecule has 7 nitrogen and oxygen atoms in total. The van der Waals surface area contributed by atoms with Crippen LogP contribution in [0.15, 0.2) is 36.8 Å². The third-order valence-electron chi connectivity index (χ3n) is 2.54. The summed E-state index contributed by atoms with van der Waals surface area (Å²) in [4.78, 5) is 25.4. The molecule has 0 atom stereocenters. The number of benzene rings is 1. The van der Waals surface area contributed by atoms with Gasteiger partial charge in [-0.25, -0.2) is 0 Å². The Morgan fingerprint density at radius 2 is 2.11 bits per heavy atom. The average molecular weight is 261 g/mol. The number of Topliss-reactive ketones (excluding diaryl/α,β-unsaturated/α-hetero) is 1. The van der Waals surface area contributed by atoms with Crippen molar-refractivity contribution in [3.05, 3.63) is 52.5 Å². The molecular formula is C12H11N3O4. The van der Waals surface area contributed by atoms with E-state index >= 15 is 0 Å². The van der Waals surface area contributed by atoms with Crippen molar-refractivity contribution in [2.45, 2.75) is 6.54 Å². The van der Waals surface area contributed by atoms with Crippen LogP contribution in [-0.2, 0) is 6.54 Å². The molecule has 0 aliphatic heterocycles. The molecule has 1 aromatic carbocycles. The maximum atomic E-state index is 11.9. The van der Waals surface area contributed by atoms with Gasteiger partial charge in [0.05, 0.1) is 13.7 Å². The fraction of sp³-hybridized carbons (Fsp3) is 0.167. The Balaban J connectivity index is 2.08. The van der Waals surface area contributed by atoms with Gasteiger partial charge in [0.1, 0.15) is 11.9 Å². The van der Waals surface area contributed by atoms with Crippen LogP contribution < -0.4 is 4.74 Å². The lowest BCUT2D eigenvalue weighted by Gasteiger charge is -2.02. The molecule has 0 saturated heterocycles. The molecule has 0 bridgehead atoms. The van der Waals surface area contributed by atoms with E-state index < -0.39 is 4.92 Å². The van der Waals surface area contributed by atoms with Crippen molar-refractivity contribution in [3.8, 4) is 5.75 Å². The molecule has 2 aromatic rings. The first-order chi connectivity index (χ1) is 9.10. The minimum Gasteiger partial charge on any atom is -0.497 e. The van der Waals surface area contributed by atoms with Crippen molar-refractivity contribution < 1.29 is 14.5 Å². The fourth-order valence-electron chi connectivity index (χ4n) is 1.56. The highest BCUT2D eigenvalue weighted by atomic mass is 16.6. The van der Waals surface area contributed by atoms with Crippen LogP contribution in [0.3, 0.4) is 0 Å². The van der Waals surface area contributed by atoms with Gasteiger partial charge < -0.3 is 19.4 Å². The van der Waals surface area contributed by atoms with Crippen molar-refractivity contribution in [3.63, 3.8) is 0 Å². The average Bonchev–Trinajstić information content (AvgIpc) is 2.87. The maximum Gasteiger partial charge on any atom is 0.381 e. The minimum atomic E-state index is -0.603. The number of carbonyl (C=O) groups excluding carboxylic acids is 1. The Labute approximate surface area is 108 Å². The van der Waals surface area contributed by atoms with Gasteiger partial charge in [0, 0.05) is 5.56 Å². The highest BCUT2D eigenvalue weighted by Crippen LogP contribution is 2.13. The number of rotatable bonds is 5. The van der Waals surface area contributed by atoms with Gasteiger partial charge in [0.2, 0.25) is 6.33 Å². The number of methoxy groups -OCH3 is 1. The van der Waals surface area contributed by atoms with Gasteiger partial charge in [-0.15, -0.1) is 0 Å². The second kappa shape index (κ2) is 5.30. The molecule has 0 unspecified atom stereocenters. The van der Waals surface area contributed by atoms with Crippen LogP contribution in [-0.4, -0.2) is 27.4 Å². The predicted molar refractivity (Wildman–Crippen MR) is 66.2 cm³/mol. The monoisotopic (exact) mass is 261 g/mol. The SMILES string of the molecule is COc1ccc(C(=O)Cn2cnc([N+](=O)[O-])c2)cc1. The summed E-state index contributed by atoms with van der Waals surface area (Å²) in [5.41, 5.74) is 0.511. The molecule has 7 heteroatoms. The van der Waals surface area contributed by atoms with Gasteiger partial charge in [0.15, 0.2) is 5.78 Å². The number of nitrogens with zero attached hydrogens (tertiary/aromatic N) is 3. The fourth-order valence-corrected chi connectivity index (χ4v) is 1.56. The molecule has 98 valence electrons. The van der Waals surface area contributed by atoms with Gasteiger partial charge >= 0.3 is 5.82 Å². The lowest BCUT2D eigenvalue weighted by Crippen LogP contribution is -2.08. The molecule has 0 spiro atoms. The van der Waals surface area contributed by atoms with E-state index in [1.807, 2.05) is 0 Å². The Morgan fingerprint density at radius 1 is 1.42 bits per heavy atom. The molecule has 0 aliphatic carbocycles. The van der Waals surface area contributed by atoms with Crippen LogP contribution in [0.5, 0.6) is 5.75 Å². The molecule has 19 heavy (non-hydrogen) atoms. The van der Waals surface area contributed by atoms with Gasteiger partial charge in [-0.05, 0) is 34.2 Å². The van der Waals surface area contributed by atoms with E-state index in [2.05, 4.69) is 4.98 Å². The summed E-state index contributed by atoms with van der Waals surface area (Å²) in [6.07, 6.45) is 2.49. The number of ether oxygens (including phenoxy) is 1. The Morgan fingerprint density at radius 3 is 2.63 bits per heavy atom. The van der Waals surface area contributed by atoms with Crippen molar-refractivity contribution in [2.24, 2.45) is 0 Å². The lowest BCUT2D eigenvalue weighted by atomic mass is 10.1. The zero-order valence-electron chi connectivity index (χ0n) is 10.1. The summed E-state index contributed by atoms with van der Waals surface area (Å²) in [5.74, 6) is 0.229. The maximum absolute atomic E-state index is 11.9. The van der Waals surface area contributed by atoms with Gasteiger partial charge in [0.25, 0.3) is 0 Å². The zero-order chi connectivity index (χ0) is 13.8. The van der Waals surface area contributed by atoms with Crippen LogP contribution in [0.2, 0.25) is 0 Å². The van der Waals surface area contributed by atoms with E-state index in [4.69, 9.17) is 4.74 Å². The summed E-state index contributed by atoms with van der Waals surface area (Å²) in [7, 11) is 1.54. The zero-order valence-corrected chi connectivity index (χ0v) is 10.1. The van der Waals surface area contributed by atoms with Crippen molar-refractivity contribution in [1.29, 1.82) is 0 Å². The van der Waals surface area contributed by atoms with E-state index in [1.54, 1.807) is 31.4 Å². The highest BCUT2D eigenvalue weighted by molar-refractivity contribution is 5.96. The molecule has 0 saturated carbocycles. The van der Waals surface area contributed by atoms with E-state index in [-0.39, 0.29) is 18.1 Å². The molecule has 2 rings (SSSR count). The van der Waals surface area contributed by atoms with E-state index in [9.17, 15) is 14.9 Å². The van der Waals surface area contributed by atoms with Gasteiger partial charge in [-0.3, -0.25) is 4.79 Å². The first-order valence-electron chi connectivity index (χ1n) is 5.43. The Kier molecular flexibility index (Phi) is 3.56. The molecule has 1 aromatic heterocycles. The predicted octanol–water partition coefficient (Wildman–Crippen LogP) is 1.68. The van der Waals surface area contributed by atoms with Crippen molar-refractivity contribution in [2.75, 3.05) is 7.11 Å². The van der Waals surface area contributed by atoms with E-state index in [0.29, 0.717) is 11.3 Å². The van der Waals surface area contributed by atoms with Crippen LogP contribution in [0.4, 0.5) is 5.82 Å². The molecule has 1 heterocycles.